The van der Waals surface area contributed by atoms with Gasteiger partial charge in [0.05, 0.1) is 17.8 Å². The number of nitrogens with zero attached hydrogens (tertiary/aromatic N) is 1. The Hall–Kier alpha value is -1.36. The van der Waals surface area contributed by atoms with Crippen LogP contribution in [0.3, 0.4) is 0 Å². The maximum Gasteiger partial charge on any atom is 0.289 e. The number of nitrogens with one attached hydrogen (secondary N) is 1. The van der Waals surface area contributed by atoms with Crippen LogP contribution in [-0.4, -0.2) is 28.1 Å². The van der Waals surface area contributed by atoms with Gasteiger partial charge in [0.25, 0.3) is 5.91 Å². The summed E-state index contributed by atoms with van der Waals surface area (Å²) in [6.45, 7) is 3.90. The molecule has 5 heteroatoms. The molecule has 1 aliphatic carbocycles. The Labute approximate surface area is 107 Å². The highest BCUT2D eigenvalue weighted by molar-refractivity contribution is 5.92. The summed E-state index contributed by atoms with van der Waals surface area (Å²) in [4.78, 5) is 16.0. The summed E-state index contributed by atoms with van der Waals surface area (Å²) in [6, 6.07) is 0. The molecule has 1 saturated carbocycles. The maximum atomic E-state index is 12.1. The first-order valence-electron chi connectivity index (χ1n) is 6.40. The van der Waals surface area contributed by atoms with Crippen LogP contribution in [0.4, 0.5) is 0 Å². The largest absolute Gasteiger partial charge is 0.438 e. The third-order valence-electron chi connectivity index (χ3n) is 3.86. The van der Waals surface area contributed by atoms with Crippen molar-refractivity contribution >= 4 is 5.91 Å². The van der Waals surface area contributed by atoms with Gasteiger partial charge in [-0.15, -0.1) is 0 Å². The highest BCUT2D eigenvalue weighted by atomic mass is 16.3. The lowest BCUT2D eigenvalue weighted by Gasteiger charge is -2.38. The van der Waals surface area contributed by atoms with E-state index in [1.54, 1.807) is 6.92 Å². The zero-order valence-corrected chi connectivity index (χ0v) is 10.9. The first-order chi connectivity index (χ1) is 8.56. The van der Waals surface area contributed by atoms with E-state index in [0.717, 1.165) is 25.7 Å². The Bertz CT molecular complexity index is 420. The summed E-state index contributed by atoms with van der Waals surface area (Å²) in [7, 11) is 0. The fourth-order valence-electron chi connectivity index (χ4n) is 2.45. The second kappa shape index (κ2) is 5.10. The molecule has 0 unspecified atom stereocenters. The second-order valence-electron chi connectivity index (χ2n) is 5.34. The van der Waals surface area contributed by atoms with Crippen molar-refractivity contribution in [2.24, 2.45) is 5.92 Å². The van der Waals surface area contributed by atoms with Crippen molar-refractivity contribution in [2.75, 3.05) is 6.61 Å². The molecule has 1 amide bonds. The van der Waals surface area contributed by atoms with Crippen molar-refractivity contribution in [3.63, 3.8) is 0 Å². The molecule has 5 nitrogen and oxygen atoms in total. The molecule has 18 heavy (non-hydrogen) atoms. The maximum absolute atomic E-state index is 12.1. The number of amides is 1. The van der Waals surface area contributed by atoms with Gasteiger partial charge in [0.2, 0.25) is 5.76 Å². The molecular formula is C13H20N2O3. The topological polar surface area (TPSA) is 75.4 Å². The van der Waals surface area contributed by atoms with Crippen LogP contribution in [0.1, 0.15) is 48.9 Å². The minimum Gasteiger partial charge on any atom is -0.438 e. The van der Waals surface area contributed by atoms with Gasteiger partial charge in [-0.05, 0) is 38.5 Å². The van der Waals surface area contributed by atoms with Crippen LogP contribution in [0.25, 0.3) is 0 Å². The minimum atomic E-state index is -0.497. The van der Waals surface area contributed by atoms with E-state index in [0.29, 0.717) is 11.6 Å². The summed E-state index contributed by atoms with van der Waals surface area (Å²) in [5, 5.41) is 12.5. The van der Waals surface area contributed by atoms with Crippen LogP contribution in [0.2, 0.25) is 0 Å². The van der Waals surface area contributed by atoms with Gasteiger partial charge in [-0.2, -0.15) is 0 Å². The average molecular weight is 252 g/mol. The van der Waals surface area contributed by atoms with Gasteiger partial charge < -0.3 is 14.8 Å². The van der Waals surface area contributed by atoms with E-state index < -0.39 is 5.54 Å². The van der Waals surface area contributed by atoms with Crippen LogP contribution >= 0.6 is 0 Å². The van der Waals surface area contributed by atoms with Crippen LogP contribution in [0.15, 0.2) is 10.8 Å². The van der Waals surface area contributed by atoms with Gasteiger partial charge in [-0.25, -0.2) is 4.98 Å². The van der Waals surface area contributed by atoms with Gasteiger partial charge >= 0.3 is 0 Å². The summed E-state index contributed by atoms with van der Waals surface area (Å²) in [5.41, 5.74) is 0.0767. The monoisotopic (exact) mass is 252 g/mol. The molecule has 1 aliphatic rings. The number of aryl methyl sites for hydroxylation is 1. The van der Waals surface area contributed by atoms with E-state index >= 15 is 0 Å². The van der Waals surface area contributed by atoms with E-state index in [1.165, 1.54) is 6.39 Å². The SMILES string of the molecule is Cc1ncoc1C(=O)NC1(CO)CCC(C)CC1. The molecular weight excluding hydrogens is 232 g/mol. The van der Waals surface area contributed by atoms with Crippen LogP contribution < -0.4 is 5.32 Å². The Kier molecular flexibility index (Phi) is 3.71. The lowest BCUT2D eigenvalue weighted by molar-refractivity contribution is 0.0692. The van der Waals surface area contributed by atoms with Crippen LogP contribution in [-0.2, 0) is 0 Å². The molecule has 0 aliphatic heterocycles. The standard InChI is InChI=1S/C13H20N2O3/c1-9-3-5-13(7-16,6-4-9)15-12(17)11-10(2)14-8-18-11/h8-9,16H,3-7H2,1-2H3,(H,15,17). The lowest BCUT2D eigenvalue weighted by Crippen LogP contribution is -2.53. The summed E-state index contributed by atoms with van der Waals surface area (Å²) >= 11 is 0. The van der Waals surface area contributed by atoms with Crippen molar-refractivity contribution in [1.82, 2.24) is 10.3 Å². The molecule has 0 atom stereocenters. The molecule has 1 fully saturated rings. The normalized spacial score (nSPS) is 28.1. The fourth-order valence-corrected chi connectivity index (χ4v) is 2.45. The fraction of sp³-hybridized carbons (Fsp3) is 0.692. The highest BCUT2D eigenvalue weighted by Gasteiger charge is 2.36. The third kappa shape index (κ3) is 2.56. The Morgan fingerprint density at radius 1 is 1.61 bits per heavy atom. The lowest BCUT2D eigenvalue weighted by atomic mass is 9.77. The van der Waals surface area contributed by atoms with Crippen molar-refractivity contribution in [2.45, 2.75) is 45.1 Å². The van der Waals surface area contributed by atoms with Crippen LogP contribution in [0, 0.1) is 12.8 Å². The van der Waals surface area contributed by atoms with E-state index in [1.807, 2.05) is 0 Å². The number of carbonyl (C=O) groups is 1. The van der Waals surface area contributed by atoms with E-state index in [4.69, 9.17) is 4.42 Å². The molecule has 0 radical (unpaired) electrons. The number of oxazole rings is 1. The quantitative estimate of drug-likeness (QED) is 0.857. The number of aliphatic hydroxyl groups is 1. The first kappa shape index (κ1) is 13.1. The molecule has 1 aromatic rings. The van der Waals surface area contributed by atoms with Gasteiger partial charge in [0.15, 0.2) is 6.39 Å². The van der Waals surface area contributed by atoms with E-state index in [-0.39, 0.29) is 18.3 Å². The predicted molar refractivity (Wildman–Crippen MR) is 66.2 cm³/mol. The van der Waals surface area contributed by atoms with E-state index in [9.17, 15) is 9.90 Å². The number of hydrogen-bond acceptors (Lipinski definition) is 4. The minimum absolute atomic E-state index is 0.0291. The molecule has 0 spiro atoms. The summed E-state index contributed by atoms with van der Waals surface area (Å²) in [5.74, 6) is 0.614. The van der Waals surface area contributed by atoms with Gasteiger partial charge in [-0.1, -0.05) is 6.92 Å². The molecule has 0 aromatic carbocycles. The van der Waals surface area contributed by atoms with Crippen molar-refractivity contribution in [3.8, 4) is 0 Å². The average Bonchev–Trinajstić information content (AvgIpc) is 2.79. The predicted octanol–water partition coefficient (Wildman–Crippen LogP) is 1.65. The summed E-state index contributed by atoms with van der Waals surface area (Å²) in [6.07, 6.45) is 4.93. The molecule has 0 saturated heterocycles. The second-order valence-corrected chi connectivity index (χ2v) is 5.34. The molecule has 100 valence electrons. The van der Waals surface area contributed by atoms with Gasteiger partial charge in [0.1, 0.15) is 0 Å². The molecule has 1 heterocycles. The molecule has 2 rings (SSSR count). The van der Waals surface area contributed by atoms with Gasteiger partial charge in [-0.3, -0.25) is 4.79 Å². The summed E-state index contributed by atoms with van der Waals surface area (Å²) < 4.78 is 5.07. The third-order valence-corrected chi connectivity index (χ3v) is 3.86. The number of rotatable bonds is 3. The number of aliphatic hydroxyl groups excluding tert-OH is 1. The molecule has 1 aromatic heterocycles. The first-order valence-corrected chi connectivity index (χ1v) is 6.40. The molecule has 2 N–H and O–H groups in total. The Morgan fingerprint density at radius 2 is 2.28 bits per heavy atom. The van der Waals surface area contributed by atoms with E-state index in [2.05, 4.69) is 17.2 Å². The zero-order valence-electron chi connectivity index (χ0n) is 10.9. The number of hydrogen-bond donors (Lipinski definition) is 2. The Morgan fingerprint density at radius 3 is 2.78 bits per heavy atom. The van der Waals surface area contributed by atoms with Gasteiger partial charge in [0, 0.05) is 0 Å². The smallest absolute Gasteiger partial charge is 0.289 e. The van der Waals surface area contributed by atoms with Crippen molar-refractivity contribution in [1.29, 1.82) is 0 Å². The number of aromatic nitrogens is 1. The van der Waals surface area contributed by atoms with Crippen LogP contribution in [0.5, 0.6) is 0 Å². The van der Waals surface area contributed by atoms with Crippen molar-refractivity contribution < 1.29 is 14.3 Å². The zero-order chi connectivity index (χ0) is 13.2. The highest BCUT2D eigenvalue weighted by Crippen LogP contribution is 2.31. The van der Waals surface area contributed by atoms with Crippen molar-refractivity contribution in [3.05, 3.63) is 17.8 Å². The number of carbonyl (C=O) groups excluding carboxylic acids is 1. The molecule has 0 bridgehead atoms. The Balaban J connectivity index is 2.07.